The van der Waals surface area contributed by atoms with Gasteiger partial charge in [-0.1, -0.05) is 29.4 Å². The van der Waals surface area contributed by atoms with Gasteiger partial charge in [-0.2, -0.15) is 4.68 Å². The monoisotopic (exact) mass is 377 g/mol. The van der Waals surface area contributed by atoms with E-state index in [1.54, 1.807) is 37.3 Å². The zero-order valence-electron chi connectivity index (χ0n) is 13.1. The summed E-state index contributed by atoms with van der Waals surface area (Å²) < 4.78 is 14.7. The molecule has 0 saturated heterocycles. The van der Waals surface area contributed by atoms with Gasteiger partial charge in [-0.3, -0.25) is 4.79 Å². The van der Waals surface area contributed by atoms with E-state index in [9.17, 15) is 9.18 Å². The summed E-state index contributed by atoms with van der Waals surface area (Å²) in [5, 5.41) is 14.8. The fourth-order valence-corrected chi connectivity index (χ4v) is 2.95. The van der Waals surface area contributed by atoms with Crippen LogP contribution in [0.2, 0.25) is 5.02 Å². The molecule has 2 aromatic carbocycles. The Labute approximate surface area is 152 Å². The Bertz CT molecular complexity index is 886. The lowest BCUT2D eigenvalue weighted by molar-refractivity contribution is -0.115. The van der Waals surface area contributed by atoms with Crippen molar-refractivity contribution in [1.29, 1.82) is 0 Å². The molecular weight excluding hydrogens is 365 g/mol. The summed E-state index contributed by atoms with van der Waals surface area (Å²) in [7, 11) is 0. The molecule has 1 unspecified atom stereocenters. The van der Waals surface area contributed by atoms with E-state index in [1.807, 2.05) is 0 Å². The summed E-state index contributed by atoms with van der Waals surface area (Å²) in [6, 6.07) is 12.7. The zero-order chi connectivity index (χ0) is 17.8. The van der Waals surface area contributed by atoms with Crippen molar-refractivity contribution in [3.05, 3.63) is 59.4 Å². The Morgan fingerprint density at radius 3 is 2.76 bits per heavy atom. The first kappa shape index (κ1) is 17.4. The minimum atomic E-state index is -0.486. The molecule has 0 saturated carbocycles. The van der Waals surface area contributed by atoms with E-state index in [0.29, 0.717) is 15.9 Å². The van der Waals surface area contributed by atoms with Gasteiger partial charge >= 0.3 is 0 Å². The van der Waals surface area contributed by atoms with Crippen LogP contribution in [0.1, 0.15) is 6.92 Å². The molecule has 0 bridgehead atoms. The van der Waals surface area contributed by atoms with Crippen molar-refractivity contribution >= 4 is 35.0 Å². The maximum absolute atomic E-state index is 13.2. The number of tetrazole rings is 1. The SMILES string of the molecule is CC(Sc1nnnn1-c1ccc(Cl)cc1)C(=O)Nc1cccc(F)c1. The van der Waals surface area contributed by atoms with E-state index >= 15 is 0 Å². The quantitative estimate of drug-likeness (QED) is 0.688. The zero-order valence-corrected chi connectivity index (χ0v) is 14.6. The number of amides is 1. The van der Waals surface area contributed by atoms with E-state index in [-0.39, 0.29) is 5.91 Å². The van der Waals surface area contributed by atoms with Crippen LogP contribution in [-0.2, 0) is 4.79 Å². The number of nitrogens with zero attached hydrogens (tertiary/aromatic N) is 4. The Hall–Kier alpha value is -2.45. The Morgan fingerprint density at radius 1 is 1.28 bits per heavy atom. The highest BCUT2D eigenvalue weighted by Crippen LogP contribution is 2.24. The largest absolute Gasteiger partial charge is 0.325 e. The molecular formula is C16H13ClFN5OS. The number of carbonyl (C=O) groups excluding carboxylic acids is 1. The second-order valence-electron chi connectivity index (χ2n) is 5.11. The lowest BCUT2D eigenvalue weighted by Gasteiger charge is -2.11. The van der Waals surface area contributed by atoms with Crippen LogP contribution < -0.4 is 5.32 Å². The molecule has 1 aromatic heterocycles. The van der Waals surface area contributed by atoms with Crippen molar-refractivity contribution in [3.8, 4) is 5.69 Å². The van der Waals surface area contributed by atoms with E-state index in [4.69, 9.17) is 11.6 Å². The molecule has 3 aromatic rings. The molecule has 0 aliphatic heterocycles. The lowest BCUT2D eigenvalue weighted by atomic mass is 10.3. The van der Waals surface area contributed by atoms with Gasteiger partial charge in [0.15, 0.2) is 0 Å². The van der Waals surface area contributed by atoms with Crippen LogP contribution in [0.5, 0.6) is 0 Å². The molecule has 0 fully saturated rings. The number of anilines is 1. The molecule has 6 nitrogen and oxygen atoms in total. The topological polar surface area (TPSA) is 72.7 Å². The second kappa shape index (κ2) is 7.62. The Kier molecular flexibility index (Phi) is 5.30. The smallest absolute Gasteiger partial charge is 0.237 e. The normalized spacial score (nSPS) is 12.0. The number of halogens is 2. The fourth-order valence-electron chi connectivity index (χ4n) is 2.02. The molecule has 0 radical (unpaired) electrons. The van der Waals surface area contributed by atoms with Crippen molar-refractivity contribution in [2.24, 2.45) is 0 Å². The first-order valence-electron chi connectivity index (χ1n) is 7.30. The van der Waals surface area contributed by atoms with Crippen LogP contribution in [0.4, 0.5) is 10.1 Å². The summed E-state index contributed by atoms with van der Waals surface area (Å²) >= 11 is 7.08. The van der Waals surface area contributed by atoms with Crippen LogP contribution in [0, 0.1) is 5.82 Å². The maximum Gasteiger partial charge on any atom is 0.237 e. The van der Waals surface area contributed by atoms with Crippen molar-refractivity contribution in [2.45, 2.75) is 17.3 Å². The predicted molar refractivity (Wildman–Crippen MR) is 94.5 cm³/mol. The van der Waals surface area contributed by atoms with Gasteiger partial charge in [0.1, 0.15) is 5.82 Å². The van der Waals surface area contributed by atoms with Gasteiger partial charge in [0.05, 0.1) is 10.9 Å². The first-order valence-corrected chi connectivity index (χ1v) is 8.56. The minimum Gasteiger partial charge on any atom is -0.325 e. The van der Waals surface area contributed by atoms with Crippen molar-refractivity contribution in [3.63, 3.8) is 0 Å². The number of nitrogens with one attached hydrogen (secondary N) is 1. The number of carbonyl (C=O) groups is 1. The maximum atomic E-state index is 13.2. The molecule has 128 valence electrons. The minimum absolute atomic E-state index is 0.277. The molecule has 0 aliphatic rings. The van der Waals surface area contributed by atoms with Gasteiger partial charge in [0, 0.05) is 10.7 Å². The highest BCUT2D eigenvalue weighted by Gasteiger charge is 2.19. The molecule has 3 rings (SSSR count). The third-order valence-corrected chi connectivity index (χ3v) is 4.54. The van der Waals surface area contributed by atoms with E-state index in [2.05, 4.69) is 20.8 Å². The molecule has 25 heavy (non-hydrogen) atoms. The number of rotatable bonds is 5. The third kappa shape index (κ3) is 4.34. The lowest BCUT2D eigenvalue weighted by Crippen LogP contribution is -2.23. The Balaban J connectivity index is 1.71. The molecule has 0 aliphatic carbocycles. The van der Waals surface area contributed by atoms with Crippen LogP contribution in [0.25, 0.3) is 5.69 Å². The second-order valence-corrected chi connectivity index (χ2v) is 6.85. The van der Waals surface area contributed by atoms with Crippen LogP contribution in [0.15, 0.2) is 53.7 Å². The summed E-state index contributed by atoms with van der Waals surface area (Å²) in [5.41, 5.74) is 1.13. The molecule has 1 amide bonds. The van der Waals surface area contributed by atoms with Gasteiger partial charge < -0.3 is 5.32 Å². The summed E-state index contributed by atoms with van der Waals surface area (Å²) in [6.45, 7) is 1.72. The molecule has 1 heterocycles. The highest BCUT2D eigenvalue weighted by molar-refractivity contribution is 8.00. The number of hydrogen-bond acceptors (Lipinski definition) is 5. The van der Waals surface area contributed by atoms with Crippen LogP contribution >= 0.6 is 23.4 Å². The predicted octanol–water partition coefficient (Wildman–Crippen LogP) is 3.57. The molecule has 9 heteroatoms. The van der Waals surface area contributed by atoms with Gasteiger partial charge in [-0.05, 0) is 59.8 Å². The number of thioether (sulfide) groups is 1. The molecule has 1 atom stereocenters. The summed E-state index contributed by atoms with van der Waals surface area (Å²) in [4.78, 5) is 12.3. The third-order valence-electron chi connectivity index (χ3n) is 3.26. The van der Waals surface area contributed by atoms with Gasteiger partial charge in [0.25, 0.3) is 0 Å². The van der Waals surface area contributed by atoms with Gasteiger partial charge in [0.2, 0.25) is 11.1 Å². The number of hydrogen-bond donors (Lipinski definition) is 1. The van der Waals surface area contributed by atoms with Crippen LogP contribution in [0.3, 0.4) is 0 Å². The first-order chi connectivity index (χ1) is 12.0. The van der Waals surface area contributed by atoms with E-state index < -0.39 is 11.1 Å². The summed E-state index contributed by atoms with van der Waals surface area (Å²) in [5.74, 6) is -0.689. The van der Waals surface area contributed by atoms with E-state index in [0.717, 1.165) is 5.69 Å². The highest BCUT2D eigenvalue weighted by atomic mass is 35.5. The molecule has 0 spiro atoms. The van der Waals surface area contributed by atoms with Crippen molar-refractivity contribution in [2.75, 3.05) is 5.32 Å². The number of benzene rings is 2. The fraction of sp³-hybridized carbons (Fsp3) is 0.125. The standard InChI is InChI=1S/C16H13ClFN5OS/c1-10(15(24)19-13-4-2-3-12(18)9-13)25-16-20-21-22-23(16)14-7-5-11(17)6-8-14/h2-10H,1H3,(H,19,24). The van der Waals surface area contributed by atoms with Crippen molar-refractivity contribution in [1.82, 2.24) is 20.2 Å². The average molecular weight is 378 g/mol. The average Bonchev–Trinajstić information content (AvgIpc) is 3.03. The Morgan fingerprint density at radius 2 is 2.04 bits per heavy atom. The number of aromatic nitrogens is 4. The van der Waals surface area contributed by atoms with Crippen LogP contribution in [-0.4, -0.2) is 31.4 Å². The summed E-state index contributed by atoms with van der Waals surface area (Å²) in [6.07, 6.45) is 0. The molecule has 1 N–H and O–H groups in total. The van der Waals surface area contributed by atoms with Crippen molar-refractivity contribution < 1.29 is 9.18 Å². The van der Waals surface area contributed by atoms with E-state index in [1.165, 1.54) is 34.6 Å². The van der Waals surface area contributed by atoms with Gasteiger partial charge in [-0.15, -0.1) is 5.10 Å². The van der Waals surface area contributed by atoms with Gasteiger partial charge in [-0.25, -0.2) is 4.39 Å².